The Labute approximate surface area is 119 Å². The number of nitrogens with zero attached hydrogens (tertiary/aromatic N) is 2. The summed E-state index contributed by atoms with van der Waals surface area (Å²) in [6.45, 7) is 1.97. The Morgan fingerprint density at radius 3 is 2.52 bits per heavy atom. The number of hydrogen-bond acceptors (Lipinski definition) is 5. The molecule has 0 aliphatic rings. The van der Waals surface area contributed by atoms with Gasteiger partial charge in [0, 0.05) is 18.0 Å². The van der Waals surface area contributed by atoms with Crippen molar-refractivity contribution in [1.29, 1.82) is 0 Å². The van der Waals surface area contributed by atoms with Gasteiger partial charge >= 0.3 is 6.36 Å². The fourth-order valence-corrected chi connectivity index (χ4v) is 1.63. The van der Waals surface area contributed by atoms with Crippen molar-refractivity contribution in [3.63, 3.8) is 0 Å². The molecule has 8 heteroatoms. The number of aromatic nitrogens is 2. The quantitative estimate of drug-likeness (QED) is 0.920. The molecule has 1 unspecified atom stereocenters. The Balaban J connectivity index is 2.08. The van der Waals surface area contributed by atoms with E-state index in [4.69, 9.17) is 4.52 Å². The minimum atomic E-state index is -4.71. The Kier molecular flexibility index (Phi) is 4.46. The van der Waals surface area contributed by atoms with Gasteiger partial charge in [-0.05, 0) is 38.2 Å². The average molecular weight is 301 g/mol. The second kappa shape index (κ2) is 6.13. The number of nitrogens with one attached hydrogen (secondary N) is 1. The summed E-state index contributed by atoms with van der Waals surface area (Å²) >= 11 is 0. The van der Waals surface area contributed by atoms with Gasteiger partial charge in [-0.3, -0.25) is 0 Å². The van der Waals surface area contributed by atoms with Crippen LogP contribution in [-0.2, 0) is 6.42 Å². The molecular weight excluding hydrogens is 287 g/mol. The maximum atomic E-state index is 12.1. The Morgan fingerprint density at radius 1 is 1.29 bits per heavy atom. The van der Waals surface area contributed by atoms with Gasteiger partial charge in [-0.1, -0.05) is 5.16 Å². The number of ether oxygens (including phenoxy) is 1. The van der Waals surface area contributed by atoms with Gasteiger partial charge in [0.2, 0.25) is 0 Å². The van der Waals surface area contributed by atoms with Crippen LogP contribution in [0.15, 0.2) is 28.8 Å². The van der Waals surface area contributed by atoms with Crippen molar-refractivity contribution in [3.8, 4) is 17.2 Å². The van der Waals surface area contributed by atoms with E-state index in [0.717, 1.165) is 0 Å². The van der Waals surface area contributed by atoms with Crippen LogP contribution in [0.3, 0.4) is 0 Å². The molecule has 1 atom stereocenters. The molecule has 0 spiro atoms. The highest BCUT2D eigenvalue weighted by molar-refractivity contribution is 5.54. The number of alkyl halides is 3. The molecule has 21 heavy (non-hydrogen) atoms. The maximum absolute atomic E-state index is 12.1. The van der Waals surface area contributed by atoms with Crippen molar-refractivity contribution in [3.05, 3.63) is 30.1 Å². The first-order valence-electron chi connectivity index (χ1n) is 6.23. The maximum Gasteiger partial charge on any atom is 0.573 e. The van der Waals surface area contributed by atoms with E-state index in [0.29, 0.717) is 17.8 Å². The topological polar surface area (TPSA) is 60.2 Å². The van der Waals surface area contributed by atoms with Gasteiger partial charge < -0.3 is 14.6 Å². The second-order valence-electron chi connectivity index (χ2n) is 4.48. The van der Waals surface area contributed by atoms with Crippen LogP contribution in [0.1, 0.15) is 12.7 Å². The predicted molar refractivity (Wildman–Crippen MR) is 68.6 cm³/mol. The Morgan fingerprint density at radius 2 is 1.95 bits per heavy atom. The number of benzene rings is 1. The van der Waals surface area contributed by atoms with Gasteiger partial charge in [0.25, 0.3) is 5.89 Å². The molecule has 1 N–H and O–H groups in total. The lowest BCUT2D eigenvalue weighted by molar-refractivity contribution is -0.274. The third-order valence-corrected chi connectivity index (χ3v) is 2.78. The predicted octanol–water partition coefficient (Wildman–Crippen LogP) is 2.79. The van der Waals surface area contributed by atoms with E-state index in [1.807, 2.05) is 14.0 Å². The van der Waals surface area contributed by atoms with Gasteiger partial charge in [-0.2, -0.15) is 4.98 Å². The van der Waals surface area contributed by atoms with Crippen molar-refractivity contribution in [2.75, 3.05) is 7.05 Å². The third kappa shape index (κ3) is 4.45. The van der Waals surface area contributed by atoms with Gasteiger partial charge in [-0.25, -0.2) is 0 Å². The van der Waals surface area contributed by atoms with Crippen LogP contribution in [0.4, 0.5) is 13.2 Å². The summed E-state index contributed by atoms with van der Waals surface area (Å²) in [6.07, 6.45) is -4.11. The first-order chi connectivity index (χ1) is 9.87. The van der Waals surface area contributed by atoms with Crippen LogP contribution in [0.2, 0.25) is 0 Å². The molecule has 114 valence electrons. The molecule has 0 saturated carbocycles. The molecule has 0 radical (unpaired) electrons. The summed E-state index contributed by atoms with van der Waals surface area (Å²) in [5.74, 6) is 0.490. The molecule has 2 rings (SSSR count). The zero-order chi connectivity index (χ0) is 15.5. The van der Waals surface area contributed by atoms with Crippen LogP contribution < -0.4 is 10.1 Å². The molecule has 0 fully saturated rings. The zero-order valence-electron chi connectivity index (χ0n) is 11.4. The molecule has 5 nitrogen and oxygen atoms in total. The van der Waals surface area contributed by atoms with Crippen LogP contribution in [0.5, 0.6) is 5.75 Å². The second-order valence-corrected chi connectivity index (χ2v) is 4.48. The largest absolute Gasteiger partial charge is 0.573 e. The van der Waals surface area contributed by atoms with Crippen molar-refractivity contribution >= 4 is 0 Å². The van der Waals surface area contributed by atoms with E-state index in [1.54, 1.807) is 0 Å². The molecule has 0 bridgehead atoms. The van der Waals surface area contributed by atoms with Crippen LogP contribution in [-0.4, -0.2) is 29.6 Å². The molecule has 2 aromatic rings. The van der Waals surface area contributed by atoms with Gasteiger partial charge in [0.15, 0.2) is 5.82 Å². The minimum absolute atomic E-state index is 0.193. The summed E-state index contributed by atoms with van der Waals surface area (Å²) in [4.78, 5) is 4.19. The lowest BCUT2D eigenvalue weighted by Crippen LogP contribution is -2.24. The van der Waals surface area contributed by atoms with E-state index < -0.39 is 6.36 Å². The highest BCUT2D eigenvalue weighted by Gasteiger charge is 2.31. The fraction of sp³-hybridized carbons (Fsp3) is 0.385. The first-order valence-corrected chi connectivity index (χ1v) is 6.23. The molecule has 1 heterocycles. The standard InChI is InChI=1S/C13H14F3N3O2/c1-8(17-2)7-11-18-12(21-19-11)9-3-5-10(6-4-9)20-13(14,15)16/h3-6,8,17H,7H2,1-2H3. The summed E-state index contributed by atoms with van der Waals surface area (Å²) < 4.78 is 45.0. The van der Waals surface area contributed by atoms with Gasteiger partial charge in [0.05, 0.1) is 0 Å². The van der Waals surface area contributed by atoms with E-state index in [9.17, 15) is 13.2 Å². The molecule has 1 aromatic carbocycles. The smallest absolute Gasteiger partial charge is 0.406 e. The molecule has 0 aliphatic heterocycles. The molecular formula is C13H14F3N3O2. The minimum Gasteiger partial charge on any atom is -0.406 e. The lowest BCUT2D eigenvalue weighted by Gasteiger charge is -2.08. The lowest BCUT2D eigenvalue weighted by atomic mass is 10.2. The summed E-state index contributed by atoms with van der Waals surface area (Å²) in [7, 11) is 1.82. The third-order valence-electron chi connectivity index (χ3n) is 2.78. The van der Waals surface area contributed by atoms with Gasteiger partial charge in [-0.15, -0.1) is 13.2 Å². The van der Waals surface area contributed by atoms with E-state index in [-0.39, 0.29) is 17.7 Å². The van der Waals surface area contributed by atoms with Crippen LogP contribution >= 0.6 is 0 Å². The van der Waals surface area contributed by atoms with Crippen LogP contribution in [0, 0.1) is 0 Å². The summed E-state index contributed by atoms with van der Waals surface area (Å²) in [6, 6.07) is 5.45. The van der Waals surface area contributed by atoms with Crippen molar-refractivity contribution in [2.24, 2.45) is 0 Å². The molecule has 0 saturated heterocycles. The highest BCUT2D eigenvalue weighted by atomic mass is 19.4. The summed E-state index contributed by atoms with van der Waals surface area (Å²) in [5.41, 5.74) is 0.528. The van der Waals surface area contributed by atoms with E-state index in [2.05, 4.69) is 20.2 Å². The van der Waals surface area contributed by atoms with Crippen molar-refractivity contribution < 1.29 is 22.4 Å². The Bertz CT molecular complexity index is 581. The monoisotopic (exact) mass is 301 g/mol. The first kappa shape index (κ1) is 15.3. The van der Waals surface area contributed by atoms with Gasteiger partial charge in [0.1, 0.15) is 5.75 Å². The fourth-order valence-electron chi connectivity index (χ4n) is 1.63. The van der Waals surface area contributed by atoms with Crippen molar-refractivity contribution in [2.45, 2.75) is 25.7 Å². The SMILES string of the molecule is CNC(C)Cc1noc(-c2ccc(OC(F)(F)F)cc2)n1. The molecule has 0 aliphatic carbocycles. The number of likely N-dealkylation sites (N-methyl/N-ethyl adjacent to an activating group) is 1. The number of rotatable bonds is 5. The van der Waals surface area contributed by atoms with Crippen LogP contribution in [0.25, 0.3) is 11.5 Å². The van der Waals surface area contributed by atoms with E-state index >= 15 is 0 Å². The summed E-state index contributed by atoms with van der Waals surface area (Å²) in [5, 5.41) is 6.87. The molecule has 1 aromatic heterocycles. The van der Waals surface area contributed by atoms with E-state index in [1.165, 1.54) is 24.3 Å². The number of hydrogen-bond donors (Lipinski definition) is 1. The Hall–Kier alpha value is -2.09. The zero-order valence-corrected chi connectivity index (χ0v) is 11.4. The highest BCUT2D eigenvalue weighted by Crippen LogP contribution is 2.25. The average Bonchev–Trinajstić information content (AvgIpc) is 2.86. The number of halogens is 3. The normalized spacial score (nSPS) is 13.2. The molecule has 0 amide bonds. The van der Waals surface area contributed by atoms with Crippen molar-refractivity contribution in [1.82, 2.24) is 15.5 Å².